The van der Waals surface area contributed by atoms with Gasteiger partial charge in [0.2, 0.25) is 5.82 Å². The van der Waals surface area contributed by atoms with Crippen molar-refractivity contribution in [3.8, 4) is 0 Å². The minimum Gasteiger partial charge on any atom is -0.322 e. The summed E-state index contributed by atoms with van der Waals surface area (Å²) in [6.45, 7) is 1.36. The second-order valence-electron chi connectivity index (χ2n) is 2.90. The van der Waals surface area contributed by atoms with E-state index in [1.54, 1.807) is 0 Å². The zero-order valence-electron chi connectivity index (χ0n) is 7.14. The number of halogens is 4. The molecule has 0 bridgehead atoms. The second-order valence-corrected chi connectivity index (χ2v) is 2.90. The second kappa shape index (κ2) is 3.78. The number of alkyl halides is 3. The Labute approximate surface area is 84.7 Å². The van der Waals surface area contributed by atoms with Gasteiger partial charge < -0.3 is 9.88 Å². The van der Waals surface area contributed by atoms with Crippen molar-refractivity contribution in [3.63, 3.8) is 0 Å². The molecule has 0 amide bonds. The molecule has 1 aliphatic rings. The smallest absolute Gasteiger partial charge is 0.322 e. The molecule has 2 heterocycles. The van der Waals surface area contributed by atoms with Crippen molar-refractivity contribution in [1.82, 2.24) is 14.9 Å². The molecule has 0 saturated heterocycles. The van der Waals surface area contributed by atoms with Crippen LogP contribution in [-0.2, 0) is 19.3 Å². The topological polar surface area (TPSA) is 29.9 Å². The van der Waals surface area contributed by atoms with Crippen molar-refractivity contribution in [3.05, 3.63) is 17.7 Å². The quantitative estimate of drug-likeness (QED) is 0.727. The van der Waals surface area contributed by atoms with Crippen LogP contribution in [0.2, 0.25) is 0 Å². The monoisotopic (exact) mass is 227 g/mol. The minimum absolute atomic E-state index is 0. The summed E-state index contributed by atoms with van der Waals surface area (Å²) in [7, 11) is 0. The summed E-state index contributed by atoms with van der Waals surface area (Å²) >= 11 is 0. The van der Waals surface area contributed by atoms with Gasteiger partial charge in [0, 0.05) is 19.6 Å². The van der Waals surface area contributed by atoms with E-state index < -0.39 is 12.0 Å². The van der Waals surface area contributed by atoms with E-state index in [-0.39, 0.29) is 12.4 Å². The molecule has 0 radical (unpaired) electrons. The standard InChI is InChI=1S/C7H8F3N3.ClH/c8-7(9,10)6-12-4-5-3-11-1-2-13(5)6;/h4,11H,1-3H2;1H. The maximum absolute atomic E-state index is 12.3. The van der Waals surface area contributed by atoms with Crippen molar-refractivity contribution < 1.29 is 13.2 Å². The fourth-order valence-electron chi connectivity index (χ4n) is 1.44. The lowest BCUT2D eigenvalue weighted by Crippen LogP contribution is -2.30. The molecule has 7 heteroatoms. The molecular weight excluding hydrogens is 219 g/mol. The summed E-state index contributed by atoms with van der Waals surface area (Å²) in [5, 5.41) is 2.98. The summed E-state index contributed by atoms with van der Waals surface area (Å²) in [6, 6.07) is 0. The highest BCUT2D eigenvalue weighted by atomic mass is 35.5. The summed E-state index contributed by atoms with van der Waals surface area (Å²) in [5.74, 6) is -0.788. The van der Waals surface area contributed by atoms with Crippen LogP contribution in [0.5, 0.6) is 0 Å². The third-order valence-corrected chi connectivity index (χ3v) is 2.01. The zero-order chi connectivity index (χ0) is 9.47. The Balaban J connectivity index is 0.000000980. The predicted molar refractivity (Wildman–Crippen MR) is 46.2 cm³/mol. The van der Waals surface area contributed by atoms with Gasteiger partial charge >= 0.3 is 6.18 Å². The lowest BCUT2D eigenvalue weighted by Gasteiger charge is -2.18. The maximum Gasteiger partial charge on any atom is 0.449 e. The molecule has 1 aromatic rings. The van der Waals surface area contributed by atoms with Crippen LogP contribution < -0.4 is 5.32 Å². The number of hydrogen-bond donors (Lipinski definition) is 1. The first-order valence-corrected chi connectivity index (χ1v) is 3.91. The minimum atomic E-state index is -4.34. The Morgan fingerprint density at radius 2 is 2.14 bits per heavy atom. The zero-order valence-corrected chi connectivity index (χ0v) is 7.95. The first-order valence-electron chi connectivity index (χ1n) is 3.91. The molecular formula is C7H9ClF3N3. The van der Waals surface area contributed by atoms with Gasteiger partial charge in [0.25, 0.3) is 0 Å². The first-order chi connectivity index (χ1) is 6.09. The molecule has 1 N–H and O–H groups in total. The fraction of sp³-hybridized carbons (Fsp3) is 0.571. The Morgan fingerprint density at radius 3 is 2.79 bits per heavy atom. The van der Waals surface area contributed by atoms with E-state index in [0.717, 1.165) is 0 Å². The highest BCUT2D eigenvalue weighted by molar-refractivity contribution is 5.85. The molecule has 1 aromatic heterocycles. The average Bonchev–Trinajstić information content (AvgIpc) is 2.45. The lowest BCUT2D eigenvalue weighted by atomic mass is 10.3. The summed E-state index contributed by atoms with van der Waals surface area (Å²) in [4.78, 5) is 3.37. The van der Waals surface area contributed by atoms with Crippen molar-refractivity contribution >= 4 is 12.4 Å². The van der Waals surface area contributed by atoms with Crippen LogP contribution in [0.15, 0.2) is 6.20 Å². The van der Waals surface area contributed by atoms with E-state index in [9.17, 15) is 13.2 Å². The van der Waals surface area contributed by atoms with Gasteiger partial charge in [-0.2, -0.15) is 13.2 Å². The van der Waals surface area contributed by atoms with Gasteiger partial charge in [-0.25, -0.2) is 4.98 Å². The third kappa shape index (κ3) is 1.85. The number of hydrogen-bond acceptors (Lipinski definition) is 2. The maximum atomic E-state index is 12.3. The van der Waals surface area contributed by atoms with Crippen LogP contribution in [-0.4, -0.2) is 16.1 Å². The molecule has 14 heavy (non-hydrogen) atoms. The van der Waals surface area contributed by atoms with E-state index >= 15 is 0 Å². The molecule has 2 rings (SSSR count). The van der Waals surface area contributed by atoms with E-state index in [4.69, 9.17) is 0 Å². The predicted octanol–water partition coefficient (Wildman–Crippen LogP) is 1.43. The van der Waals surface area contributed by atoms with Gasteiger partial charge in [0.05, 0.1) is 11.9 Å². The normalized spacial score (nSPS) is 15.9. The van der Waals surface area contributed by atoms with Crippen molar-refractivity contribution in [1.29, 1.82) is 0 Å². The van der Waals surface area contributed by atoms with Crippen molar-refractivity contribution in [2.45, 2.75) is 19.3 Å². The molecule has 3 nitrogen and oxygen atoms in total. The van der Waals surface area contributed by atoms with Gasteiger partial charge in [-0.05, 0) is 0 Å². The molecule has 0 aliphatic carbocycles. The number of rotatable bonds is 0. The van der Waals surface area contributed by atoms with Crippen LogP contribution in [0.4, 0.5) is 13.2 Å². The van der Waals surface area contributed by atoms with Crippen LogP contribution in [0.25, 0.3) is 0 Å². The Morgan fingerprint density at radius 1 is 1.43 bits per heavy atom. The van der Waals surface area contributed by atoms with Gasteiger partial charge in [0.1, 0.15) is 0 Å². The Hall–Kier alpha value is -0.750. The molecule has 1 aliphatic heterocycles. The van der Waals surface area contributed by atoms with E-state index in [1.165, 1.54) is 10.8 Å². The van der Waals surface area contributed by atoms with E-state index in [2.05, 4.69) is 10.3 Å². The Bertz CT molecular complexity index is 320. The number of nitrogens with zero attached hydrogens (tertiary/aromatic N) is 2. The lowest BCUT2D eigenvalue weighted by molar-refractivity contribution is -0.147. The molecule has 0 aromatic carbocycles. The Kier molecular flexibility index (Phi) is 3.06. The van der Waals surface area contributed by atoms with E-state index in [1.807, 2.05) is 0 Å². The largest absolute Gasteiger partial charge is 0.449 e. The van der Waals surface area contributed by atoms with E-state index in [0.29, 0.717) is 25.3 Å². The average molecular weight is 228 g/mol. The number of fused-ring (bicyclic) bond motifs is 1. The molecule has 0 atom stereocenters. The summed E-state index contributed by atoms with van der Waals surface area (Å²) < 4.78 is 38.1. The molecule has 0 saturated carbocycles. The highest BCUT2D eigenvalue weighted by Gasteiger charge is 2.37. The van der Waals surface area contributed by atoms with Crippen LogP contribution >= 0.6 is 12.4 Å². The van der Waals surface area contributed by atoms with Crippen molar-refractivity contribution in [2.75, 3.05) is 6.54 Å². The SMILES string of the molecule is Cl.FC(F)(F)c1ncc2n1CCNC2. The van der Waals surface area contributed by atoms with Gasteiger partial charge in [-0.3, -0.25) is 0 Å². The number of nitrogens with one attached hydrogen (secondary N) is 1. The number of aromatic nitrogens is 2. The highest BCUT2D eigenvalue weighted by Crippen LogP contribution is 2.29. The molecule has 80 valence electrons. The summed E-state index contributed by atoms with van der Waals surface area (Å²) in [5.41, 5.74) is 0.596. The van der Waals surface area contributed by atoms with Gasteiger partial charge in [-0.15, -0.1) is 12.4 Å². The van der Waals surface area contributed by atoms with Crippen LogP contribution in [0, 0.1) is 0 Å². The summed E-state index contributed by atoms with van der Waals surface area (Å²) in [6.07, 6.45) is -3.06. The fourth-order valence-corrected chi connectivity index (χ4v) is 1.44. The first kappa shape index (κ1) is 11.3. The van der Waals surface area contributed by atoms with Gasteiger partial charge in [-0.1, -0.05) is 0 Å². The van der Waals surface area contributed by atoms with Crippen molar-refractivity contribution in [2.24, 2.45) is 0 Å². The van der Waals surface area contributed by atoms with Crippen LogP contribution in [0.1, 0.15) is 11.5 Å². The molecule has 0 fully saturated rings. The van der Waals surface area contributed by atoms with Gasteiger partial charge in [0.15, 0.2) is 0 Å². The van der Waals surface area contributed by atoms with Crippen LogP contribution in [0.3, 0.4) is 0 Å². The third-order valence-electron chi connectivity index (χ3n) is 2.01. The number of imidazole rings is 1. The molecule has 0 spiro atoms. The molecule has 0 unspecified atom stereocenters.